The van der Waals surface area contributed by atoms with Crippen molar-refractivity contribution in [3.05, 3.63) is 131 Å². The Morgan fingerprint density at radius 3 is 1.69 bits per heavy atom. The number of nitrogens with zero attached hydrogens (tertiary/aromatic N) is 2. The summed E-state index contributed by atoms with van der Waals surface area (Å²) in [6.07, 6.45) is 1.34. The maximum atomic E-state index is 14.0. The van der Waals surface area contributed by atoms with Gasteiger partial charge in [-0.1, -0.05) is 97.1 Å². The minimum Gasteiger partial charge on any atom is -0.481 e. The average Bonchev–Trinajstić information content (AvgIpc) is 3.01. The Balaban J connectivity index is 1.64. The van der Waals surface area contributed by atoms with Gasteiger partial charge in [0.2, 0.25) is 0 Å². The maximum Gasteiger partial charge on any atom is 0.305 e. The fourth-order valence-corrected chi connectivity index (χ4v) is 5.07. The lowest BCUT2D eigenvalue weighted by atomic mass is 9.93. The number of carboxylic acids is 1. The number of benzene rings is 4. The van der Waals surface area contributed by atoms with E-state index < -0.39 is 5.97 Å². The summed E-state index contributed by atoms with van der Waals surface area (Å²) in [5, 5.41) is 9.37. The minimum absolute atomic E-state index is 0.0428. The molecular formula is C36H38N2O4. The lowest BCUT2D eigenvalue weighted by Gasteiger charge is -2.28. The van der Waals surface area contributed by atoms with Gasteiger partial charge in [-0.3, -0.25) is 14.4 Å². The number of carboxylic acid groups (broad SMARTS) is 1. The van der Waals surface area contributed by atoms with Crippen LogP contribution >= 0.6 is 0 Å². The summed E-state index contributed by atoms with van der Waals surface area (Å²) in [6.45, 7) is 4.99. The molecule has 0 bridgehead atoms. The van der Waals surface area contributed by atoms with E-state index in [-0.39, 0.29) is 30.8 Å². The third kappa shape index (κ3) is 7.94. The number of carbonyl (C=O) groups is 3. The van der Waals surface area contributed by atoms with E-state index >= 15 is 0 Å². The molecule has 4 aromatic carbocycles. The molecule has 4 rings (SSSR count). The molecule has 6 heteroatoms. The van der Waals surface area contributed by atoms with Gasteiger partial charge < -0.3 is 14.9 Å². The van der Waals surface area contributed by atoms with Crippen LogP contribution in [-0.4, -0.2) is 51.8 Å². The van der Waals surface area contributed by atoms with Crippen molar-refractivity contribution in [2.24, 2.45) is 0 Å². The van der Waals surface area contributed by atoms with Gasteiger partial charge in [-0.25, -0.2) is 0 Å². The molecule has 0 aliphatic rings. The van der Waals surface area contributed by atoms with Crippen LogP contribution in [0, 0.1) is 0 Å². The lowest BCUT2D eigenvalue weighted by molar-refractivity contribution is -0.137. The van der Waals surface area contributed by atoms with Crippen LogP contribution in [0.25, 0.3) is 11.1 Å². The third-order valence-electron chi connectivity index (χ3n) is 7.30. The molecule has 42 heavy (non-hydrogen) atoms. The van der Waals surface area contributed by atoms with Crippen LogP contribution in [0.2, 0.25) is 0 Å². The number of hydrogen-bond acceptors (Lipinski definition) is 3. The van der Waals surface area contributed by atoms with Gasteiger partial charge in [0.05, 0.1) is 6.42 Å². The van der Waals surface area contributed by atoms with Crippen molar-refractivity contribution >= 4 is 17.8 Å². The molecule has 1 N–H and O–H groups in total. The molecule has 0 aliphatic heterocycles. The quantitative estimate of drug-likeness (QED) is 0.191. The van der Waals surface area contributed by atoms with Gasteiger partial charge in [-0.05, 0) is 61.1 Å². The van der Waals surface area contributed by atoms with Gasteiger partial charge in [0.25, 0.3) is 11.8 Å². The van der Waals surface area contributed by atoms with Gasteiger partial charge in [0, 0.05) is 36.8 Å². The molecule has 0 unspecified atom stereocenters. The molecular weight excluding hydrogens is 524 g/mol. The normalized spacial score (nSPS) is 10.8. The summed E-state index contributed by atoms with van der Waals surface area (Å²) in [7, 11) is 0. The standard InChI is InChI=1S/C36H38N2O4/c1-27(2)38(26-29-16-7-4-8-17-29)36(42)33-22-12-10-20-31(33)30-19-9-11-21-32(30)35(41)37(25-23-34(39)40)24-13-18-28-14-5-3-6-15-28/h3-12,14-17,19-22,27H,13,18,23-26H2,1-2H3,(H,39,40). The third-order valence-corrected chi connectivity index (χ3v) is 7.30. The van der Waals surface area contributed by atoms with E-state index in [1.54, 1.807) is 23.1 Å². The largest absolute Gasteiger partial charge is 0.481 e. The summed E-state index contributed by atoms with van der Waals surface area (Å²) in [5.74, 6) is -1.31. The molecule has 2 amide bonds. The molecule has 0 spiro atoms. The van der Waals surface area contributed by atoms with Crippen LogP contribution in [0.3, 0.4) is 0 Å². The molecule has 0 radical (unpaired) electrons. The number of aryl methyl sites for hydroxylation is 1. The smallest absolute Gasteiger partial charge is 0.305 e. The number of carbonyl (C=O) groups excluding carboxylic acids is 2. The van der Waals surface area contributed by atoms with E-state index in [1.807, 2.05) is 110 Å². The van der Waals surface area contributed by atoms with Crippen molar-refractivity contribution in [2.75, 3.05) is 13.1 Å². The van der Waals surface area contributed by atoms with Crippen LogP contribution in [0.15, 0.2) is 109 Å². The Morgan fingerprint density at radius 2 is 1.14 bits per heavy atom. The zero-order valence-electron chi connectivity index (χ0n) is 24.3. The maximum absolute atomic E-state index is 14.0. The van der Waals surface area contributed by atoms with E-state index in [4.69, 9.17) is 0 Å². The molecule has 4 aromatic rings. The summed E-state index contributed by atoms with van der Waals surface area (Å²) in [6, 6.07) is 34.5. The predicted octanol–water partition coefficient (Wildman–Crippen LogP) is 6.95. The highest BCUT2D eigenvalue weighted by Crippen LogP contribution is 2.30. The summed E-state index contributed by atoms with van der Waals surface area (Å²) in [5.41, 5.74) is 4.50. The van der Waals surface area contributed by atoms with Crippen LogP contribution in [-0.2, 0) is 17.8 Å². The first-order chi connectivity index (χ1) is 20.3. The van der Waals surface area contributed by atoms with Crippen LogP contribution in [0.1, 0.15) is 58.5 Å². The van der Waals surface area contributed by atoms with Crippen molar-refractivity contribution in [2.45, 2.75) is 45.7 Å². The topological polar surface area (TPSA) is 77.9 Å². The Kier molecular flexibility index (Phi) is 10.6. The number of hydrogen-bond donors (Lipinski definition) is 1. The van der Waals surface area contributed by atoms with Crippen molar-refractivity contribution in [3.8, 4) is 11.1 Å². The molecule has 0 fully saturated rings. The van der Waals surface area contributed by atoms with E-state index in [0.29, 0.717) is 41.8 Å². The Bertz CT molecular complexity index is 1480. The zero-order chi connectivity index (χ0) is 29.9. The fraction of sp³-hybridized carbons (Fsp3) is 0.250. The van der Waals surface area contributed by atoms with E-state index in [0.717, 1.165) is 12.0 Å². The fourth-order valence-electron chi connectivity index (χ4n) is 5.07. The lowest BCUT2D eigenvalue weighted by Crippen LogP contribution is -2.37. The van der Waals surface area contributed by atoms with E-state index in [2.05, 4.69) is 0 Å². The SMILES string of the molecule is CC(C)N(Cc1ccccc1)C(=O)c1ccccc1-c1ccccc1C(=O)N(CCCc1ccccc1)CCC(=O)O. The van der Waals surface area contributed by atoms with Gasteiger partial charge >= 0.3 is 5.97 Å². The highest BCUT2D eigenvalue weighted by Gasteiger charge is 2.25. The number of rotatable bonds is 13. The van der Waals surface area contributed by atoms with Gasteiger partial charge in [-0.2, -0.15) is 0 Å². The van der Waals surface area contributed by atoms with E-state index in [9.17, 15) is 19.5 Å². The first kappa shape index (κ1) is 30.3. The molecule has 6 nitrogen and oxygen atoms in total. The van der Waals surface area contributed by atoms with Gasteiger partial charge in [-0.15, -0.1) is 0 Å². The molecule has 0 aliphatic carbocycles. The minimum atomic E-state index is -0.952. The number of amides is 2. The van der Waals surface area contributed by atoms with Crippen molar-refractivity contribution < 1.29 is 19.5 Å². The van der Waals surface area contributed by atoms with Gasteiger partial charge in [0.15, 0.2) is 0 Å². The Hall–Kier alpha value is -4.71. The zero-order valence-corrected chi connectivity index (χ0v) is 24.3. The highest BCUT2D eigenvalue weighted by atomic mass is 16.4. The first-order valence-electron chi connectivity index (χ1n) is 14.4. The molecule has 0 atom stereocenters. The summed E-state index contributed by atoms with van der Waals surface area (Å²) < 4.78 is 0. The summed E-state index contributed by atoms with van der Waals surface area (Å²) >= 11 is 0. The van der Waals surface area contributed by atoms with Gasteiger partial charge in [0.1, 0.15) is 0 Å². The van der Waals surface area contributed by atoms with Crippen molar-refractivity contribution in [1.29, 1.82) is 0 Å². The average molecular weight is 563 g/mol. The van der Waals surface area contributed by atoms with Crippen LogP contribution < -0.4 is 0 Å². The summed E-state index contributed by atoms with van der Waals surface area (Å²) in [4.78, 5) is 42.9. The predicted molar refractivity (Wildman–Crippen MR) is 166 cm³/mol. The second-order valence-corrected chi connectivity index (χ2v) is 10.6. The number of aliphatic carboxylic acids is 1. The second-order valence-electron chi connectivity index (χ2n) is 10.6. The van der Waals surface area contributed by atoms with Crippen molar-refractivity contribution in [3.63, 3.8) is 0 Å². The Labute approximate surface area is 248 Å². The second kappa shape index (κ2) is 14.8. The highest BCUT2D eigenvalue weighted by molar-refractivity contribution is 6.06. The molecule has 0 aromatic heterocycles. The van der Waals surface area contributed by atoms with Crippen LogP contribution in [0.5, 0.6) is 0 Å². The molecule has 216 valence electrons. The Morgan fingerprint density at radius 1 is 0.643 bits per heavy atom. The van der Waals surface area contributed by atoms with E-state index in [1.165, 1.54) is 5.56 Å². The van der Waals surface area contributed by atoms with Crippen LogP contribution in [0.4, 0.5) is 0 Å². The van der Waals surface area contributed by atoms with Crippen molar-refractivity contribution in [1.82, 2.24) is 9.80 Å². The molecule has 0 saturated heterocycles. The monoisotopic (exact) mass is 562 g/mol. The molecule has 0 heterocycles. The molecule has 0 saturated carbocycles. The first-order valence-corrected chi connectivity index (χ1v) is 14.4.